The van der Waals surface area contributed by atoms with E-state index in [0.29, 0.717) is 19.0 Å². The molecule has 0 unspecified atom stereocenters. The van der Waals surface area contributed by atoms with Crippen LogP contribution in [-0.2, 0) is 6.42 Å². The van der Waals surface area contributed by atoms with E-state index in [9.17, 15) is 4.79 Å². The maximum Gasteiger partial charge on any atom is 0.317 e. The summed E-state index contributed by atoms with van der Waals surface area (Å²) in [6.07, 6.45) is 1.84. The normalized spacial score (nSPS) is 15.2. The van der Waals surface area contributed by atoms with Gasteiger partial charge in [0.15, 0.2) is 0 Å². The average Bonchev–Trinajstić information content (AvgIpc) is 2.76. The number of carbonyl (C=O) groups is 1. The molecule has 1 aromatic heterocycles. The SMILES string of the molecule is CC[C@H](C)c1nc(C)c(Cc2cc(C)ccc2C)c(N2CCN(C(=O)NC(C)C)CC2)n1. The first-order chi connectivity index (χ1) is 15.2. The van der Waals surface area contributed by atoms with Crippen molar-refractivity contribution in [3.63, 3.8) is 0 Å². The van der Waals surface area contributed by atoms with E-state index in [1.807, 2.05) is 18.7 Å². The molecule has 1 aromatic carbocycles. The van der Waals surface area contributed by atoms with Gasteiger partial charge in [-0.2, -0.15) is 0 Å². The van der Waals surface area contributed by atoms with Crippen LogP contribution in [-0.4, -0.2) is 53.1 Å². The van der Waals surface area contributed by atoms with Crippen LogP contribution < -0.4 is 10.2 Å². The molecule has 0 saturated carbocycles. The van der Waals surface area contributed by atoms with Crippen LogP contribution in [0.5, 0.6) is 0 Å². The van der Waals surface area contributed by atoms with Gasteiger partial charge in [0, 0.05) is 55.8 Å². The van der Waals surface area contributed by atoms with Crippen molar-refractivity contribution in [1.82, 2.24) is 20.2 Å². The predicted octanol–water partition coefficient (Wildman–Crippen LogP) is 4.75. The lowest BCUT2D eigenvalue weighted by molar-refractivity contribution is 0.191. The van der Waals surface area contributed by atoms with Crippen molar-refractivity contribution in [2.45, 2.75) is 73.3 Å². The van der Waals surface area contributed by atoms with Gasteiger partial charge in [0.25, 0.3) is 0 Å². The molecule has 0 aliphatic carbocycles. The number of anilines is 1. The Labute approximate surface area is 193 Å². The largest absolute Gasteiger partial charge is 0.353 e. The summed E-state index contributed by atoms with van der Waals surface area (Å²) in [5.41, 5.74) is 6.15. The van der Waals surface area contributed by atoms with Gasteiger partial charge in [0.1, 0.15) is 11.6 Å². The summed E-state index contributed by atoms with van der Waals surface area (Å²) in [6, 6.07) is 6.80. The second kappa shape index (κ2) is 10.3. The molecule has 1 fully saturated rings. The summed E-state index contributed by atoms with van der Waals surface area (Å²) in [5.74, 6) is 2.28. The number of benzene rings is 1. The number of aryl methyl sites for hydroxylation is 3. The van der Waals surface area contributed by atoms with E-state index in [1.54, 1.807) is 0 Å². The first-order valence-electron chi connectivity index (χ1n) is 11.9. The molecular formula is C26H39N5O. The Morgan fingerprint density at radius 2 is 1.75 bits per heavy atom. The van der Waals surface area contributed by atoms with Gasteiger partial charge in [-0.05, 0) is 52.2 Å². The summed E-state index contributed by atoms with van der Waals surface area (Å²) >= 11 is 0. The molecule has 3 rings (SSSR count). The summed E-state index contributed by atoms with van der Waals surface area (Å²) in [4.78, 5) is 26.7. The van der Waals surface area contributed by atoms with Gasteiger partial charge in [0.05, 0.1) is 0 Å². The van der Waals surface area contributed by atoms with Crippen LogP contribution in [0, 0.1) is 20.8 Å². The van der Waals surface area contributed by atoms with Crippen molar-refractivity contribution in [2.75, 3.05) is 31.1 Å². The minimum atomic E-state index is 0.0226. The van der Waals surface area contributed by atoms with Gasteiger partial charge in [-0.25, -0.2) is 14.8 Å². The third-order valence-corrected chi connectivity index (χ3v) is 6.41. The Balaban J connectivity index is 1.91. The molecule has 2 amide bonds. The van der Waals surface area contributed by atoms with E-state index < -0.39 is 0 Å². The molecule has 0 radical (unpaired) electrons. The molecule has 1 saturated heterocycles. The molecule has 1 aliphatic rings. The highest BCUT2D eigenvalue weighted by molar-refractivity contribution is 5.74. The number of hydrogen-bond donors (Lipinski definition) is 1. The van der Waals surface area contributed by atoms with Gasteiger partial charge in [0.2, 0.25) is 0 Å². The Kier molecular flexibility index (Phi) is 7.75. The summed E-state index contributed by atoms with van der Waals surface area (Å²) < 4.78 is 0. The van der Waals surface area contributed by atoms with Crippen molar-refractivity contribution >= 4 is 11.8 Å². The monoisotopic (exact) mass is 437 g/mol. The third-order valence-electron chi connectivity index (χ3n) is 6.41. The number of rotatable bonds is 6. The number of carbonyl (C=O) groups excluding carboxylic acids is 1. The van der Waals surface area contributed by atoms with E-state index in [2.05, 4.69) is 63.0 Å². The lowest BCUT2D eigenvalue weighted by Gasteiger charge is -2.37. The van der Waals surface area contributed by atoms with Crippen LogP contribution in [0.2, 0.25) is 0 Å². The predicted molar refractivity (Wildman–Crippen MR) is 132 cm³/mol. The number of aromatic nitrogens is 2. The van der Waals surface area contributed by atoms with E-state index >= 15 is 0 Å². The highest BCUT2D eigenvalue weighted by Crippen LogP contribution is 2.29. The molecule has 1 aliphatic heterocycles. The van der Waals surface area contributed by atoms with E-state index in [1.165, 1.54) is 22.3 Å². The number of amides is 2. The maximum atomic E-state index is 12.4. The smallest absolute Gasteiger partial charge is 0.317 e. The Bertz CT molecular complexity index is 947. The lowest BCUT2D eigenvalue weighted by atomic mass is 9.97. The number of nitrogens with zero attached hydrogens (tertiary/aromatic N) is 4. The molecule has 6 heteroatoms. The zero-order valence-corrected chi connectivity index (χ0v) is 20.8. The van der Waals surface area contributed by atoms with Crippen LogP contribution in [0.15, 0.2) is 18.2 Å². The molecule has 2 heterocycles. The quantitative estimate of drug-likeness (QED) is 0.709. The molecule has 32 heavy (non-hydrogen) atoms. The van der Waals surface area contributed by atoms with Crippen molar-refractivity contribution in [3.05, 3.63) is 52.0 Å². The number of piperazine rings is 1. The first-order valence-corrected chi connectivity index (χ1v) is 11.9. The fourth-order valence-corrected chi connectivity index (χ4v) is 4.11. The zero-order chi connectivity index (χ0) is 23.4. The minimum Gasteiger partial charge on any atom is -0.353 e. The molecule has 1 N–H and O–H groups in total. The summed E-state index contributed by atoms with van der Waals surface area (Å²) in [7, 11) is 0. The maximum absolute atomic E-state index is 12.4. The zero-order valence-electron chi connectivity index (χ0n) is 20.8. The van der Waals surface area contributed by atoms with Crippen molar-refractivity contribution in [3.8, 4) is 0 Å². The van der Waals surface area contributed by atoms with Gasteiger partial charge < -0.3 is 15.1 Å². The molecular weight excluding hydrogens is 398 g/mol. The summed E-state index contributed by atoms with van der Waals surface area (Å²) in [6.45, 7) is 17.7. The first kappa shape index (κ1) is 24.0. The fraction of sp³-hybridized carbons (Fsp3) is 0.577. The number of nitrogens with one attached hydrogen (secondary N) is 1. The molecule has 0 spiro atoms. The van der Waals surface area contributed by atoms with Gasteiger partial charge in [-0.1, -0.05) is 37.6 Å². The van der Waals surface area contributed by atoms with Crippen LogP contribution in [0.3, 0.4) is 0 Å². The highest BCUT2D eigenvalue weighted by atomic mass is 16.2. The van der Waals surface area contributed by atoms with Crippen LogP contribution in [0.4, 0.5) is 10.6 Å². The third kappa shape index (κ3) is 5.59. The van der Waals surface area contributed by atoms with Gasteiger partial charge in [-0.15, -0.1) is 0 Å². The van der Waals surface area contributed by atoms with Gasteiger partial charge >= 0.3 is 6.03 Å². The Hall–Kier alpha value is -2.63. The second-order valence-corrected chi connectivity index (χ2v) is 9.46. The molecule has 2 aromatic rings. The summed E-state index contributed by atoms with van der Waals surface area (Å²) in [5, 5.41) is 3.01. The van der Waals surface area contributed by atoms with Crippen LogP contribution >= 0.6 is 0 Å². The highest BCUT2D eigenvalue weighted by Gasteiger charge is 2.26. The Morgan fingerprint density at radius 1 is 1.06 bits per heavy atom. The van der Waals surface area contributed by atoms with Crippen LogP contribution in [0.1, 0.15) is 73.8 Å². The van der Waals surface area contributed by atoms with E-state index in [4.69, 9.17) is 9.97 Å². The Morgan fingerprint density at radius 3 is 2.38 bits per heavy atom. The van der Waals surface area contributed by atoms with E-state index in [-0.39, 0.29) is 12.1 Å². The molecule has 174 valence electrons. The average molecular weight is 438 g/mol. The number of urea groups is 1. The standard InChI is InChI=1S/C26H39N5O/c1-8-19(5)24-28-21(7)23(16-22-15-18(4)9-10-20(22)6)25(29-24)30-11-13-31(14-12-30)26(32)27-17(2)3/h9-10,15,17,19H,8,11-14,16H2,1-7H3,(H,27,32)/t19-/m0/s1. The number of hydrogen-bond acceptors (Lipinski definition) is 4. The molecule has 6 nitrogen and oxygen atoms in total. The van der Waals surface area contributed by atoms with Crippen molar-refractivity contribution in [1.29, 1.82) is 0 Å². The van der Waals surface area contributed by atoms with Crippen LogP contribution in [0.25, 0.3) is 0 Å². The molecule has 0 bridgehead atoms. The molecule has 1 atom stereocenters. The van der Waals surface area contributed by atoms with E-state index in [0.717, 1.165) is 43.3 Å². The second-order valence-electron chi connectivity index (χ2n) is 9.46. The minimum absolute atomic E-state index is 0.0226. The van der Waals surface area contributed by atoms with Crippen molar-refractivity contribution < 1.29 is 4.79 Å². The fourth-order valence-electron chi connectivity index (χ4n) is 4.11. The topological polar surface area (TPSA) is 61.4 Å². The van der Waals surface area contributed by atoms with Gasteiger partial charge in [-0.3, -0.25) is 0 Å². The lowest BCUT2D eigenvalue weighted by Crippen LogP contribution is -2.53. The van der Waals surface area contributed by atoms with Crippen molar-refractivity contribution in [2.24, 2.45) is 0 Å².